The van der Waals surface area contributed by atoms with Crippen LogP contribution in [0.3, 0.4) is 0 Å². The predicted molar refractivity (Wildman–Crippen MR) is 107 cm³/mol. The van der Waals surface area contributed by atoms with Crippen LogP contribution in [0.5, 0.6) is 0 Å². The van der Waals surface area contributed by atoms with Crippen molar-refractivity contribution in [3.8, 4) is 0 Å². The molecule has 0 aliphatic carbocycles. The van der Waals surface area contributed by atoms with Gasteiger partial charge in [-0.2, -0.15) is 0 Å². The van der Waals surface area contributed by atoms with E-state index < -0.39 is 11.6 Å². The predicted octanol–water partition coefficient (Wildman–Crippen LogP) is 4.52. The molecule has 27 heavy (non-hydrogen) atoms. The molecule has 1 aromatic rings. The van der Waals surface area contributed by atoms with Crippen LogP contribution in [-0.4, -0.2) is 46.0 Å². The maximum Gasteiger partial charge on any atom is 0.410 e. The standard InChI is InChI=1S/C22H34N2O3/c1-16(2)24(15-18-12-10-17(3)11-13-18)20(25)19-9-7-8-14-23(19)21(26)27-22(4,5)6/h10-13,16,19H,7-9,14-15H2,1-6H3/t19-/m1/s1. The lowest BCUT2D eigenvalue weighted by molar-refractivity contribution is -0.140. The second-order valence-corrected chi connectivity index (χ2v) is 8.73. The molecular weight excluding hydrogens is 340 g/mol. The van der Waals surface area contributed by atoms with Crippen molar-refractivity contribution < 1.29 is 14.3 Å². The van der Waals surface area contributed by atoms with Gasteiger partial charge in [0.1, 0.15) is 11.6 Å². The Labute approximate surface area is 163 Å². The van der Waals surface area contributed by atoms with Crippen LogP contribution in [0.1, 0.15) is 65.0 Å². The zero-order chi connectivity index (χ0) is 20.2. The van der Waals surface area contributed by atoms with E-state index in [1.54, 1.807) is 4.90 Å². The van der Waals surface area contributed by atoms with Crippen LogP contribution in [0.2, 0.25) is 0 Å². The van der Waals surface area contributed by atoms with Crippen molar-refractivity contribution >= 4 is 12.0 Å². The van der Waals surface area contributed by atoms with Crippen molar-refractivity contribution in [2.24, 2.45) is 0 Å². The van der Waals surface area contributed by atoms with Gasteiger partial charge in [-0.05, 0) is 66.4 Å². The third-order valence-corrected chi connectivity index (χ3v) is 4.80. The Morgan fingerprint density at radius 3 is 2.37 bits per heavy atom. The van der Waals surface area contributed by atoms with E-state index in [1.807, 2.05) is 39.5 Å². The Balaban J connectivity index is 2.18. The van der Waals surface area contributed by atoms with Crippen LogP contribution in [0.4, 0.5) is 4.79 Å². The molecule has 1 aromatic carbocycles. The molecule has 2 amide bonds. The van der Waals surface area contributed by atoms with Crippen molar-refractivity contribution in [3.63, 3.8) is 0 Å². The summed E-state index contributed by atoms with van der Waals surface area (Å²) < 4.78 is 5.55. The third kappa shape index (κ3) is 5.98. The SMILES string of the molecule is Cc1ccc(CN(C(=O)[C@H]2CCCCN2C(=O)OC(C)(C)C)C(C)C)cc1. The number of likely N-dealkylation sites (tertiary alicyclic amines) is 1. The summed E-state index contributed by atoms with van der Waals surface area (Å²) in [6.45, 7) is 12.8. The second kappa shape index (κ2) is 8.77. The van der Waals surface area contributed by atoms with Crippen LogP contribution in [0.25, 0.3) is 0 Å². The number of hydrogen-bond donors (Lipinski definition) is 0. The lowest BCUT2D eigenvalue weighted by Crippen LogP contribution is -2.55. The molecule has 150 valence electrons. The molecule has 1 atom stereocenters. The summed E-state index contributed by atoms with van der Waals surface area (Å²) in [5, 5.41) is 0. The van der Waals surface area contributed by atoms with E-state index in [2.05, 4.69) is 31.2 Å². The van der Waals surface area contributed by atoms with Crippen LogP contribution in [-0.2, 0) is 16.1 Å². The van der Waals surface area contributed by atoms with Crippen molar-refractivity contribution in [2.45, 2.75) is 85.0 Å². The minimum Gasteiger partial charge on any atom is -0.444 e. The van der Waals surface area contributed by atoms with E-state index in [4.69, 9.17) is 4.74 Å². The fourth-order valence-electron chi connectivity index (χ4n) is 3.32. The van der Waals surface area contributed by atoms with E-state index in [-0.39, 0.29) is 18.0 Å². The summed E-state index contributed by atoms with van der Waals surface area (Å²) in [7, 11) is 0. The number of rotatable bonds is 4. The molecule has 0 spiro atoms. The number of ether oxygens (including phenoxy) is 1. The molecule has 5 nitrogen and oxygen atoms in total. The first kappa shape index (κ1) is 21.3. The maximum atomic E-state index is 13.4. The summed E-state index contributed by atoms with van der Waals surface area (Å²) in [6, 6.07) is 7.86. The number of aryl methyl sites for hydroxylation is 1. The van der Waals surface area contributed by atoms with E-state index in [1.165, 1.54) is 5.56 Å². The molecular formula is C22H34N2O3. The largest absolute Gasteiger partial charge is 0.444 e. The Hall–Kier alpha value is -2.04. The molecule has 2 rings (SSSR count). The van der Waals surface area contributed by atoms with Crippen LogP contribution < -0.4 is 0 Å². The number of benzene rings is 1. The number of carbonyl (C=O) groups is 2. The fourth-order valence-corrected chi connectivity index (χ4v) is 3.32. The molecule has 1 aliphatic rings. The highest BCUT2D eigenvalue weighted by Gasteiger charge is 2.37. The lowest BCUT2D eigenvalue weighted by Gasteiger charge is -2.39. The van der Waals surface area contributed by atoms with Crippen molar-refractivity contribution in [3.05, 3.63) is 35.4 Å². The molecule has 1 aliphatic heterocycles. The number of carbonyl (C=O) groups excluding carboxylic acids is 2. The minimum atomic E-state index is -0.568. The van der Waals surface area contributed by atoms with Crippen molar-refractivity contribution in [2.75, 3.05) is 6.54 Å². The Bertz CT molecular complexity index is 647. The normalized spacial score (nSPS) is 17.7. The summed E-state index contributed by atoms with van der Waals surface area (Å²) in [5.41, 5.74) is 1.73. The highest BCUT2D eigenvalue weighted by atomic mass is 16.6. The zero-order valence-electron chi connectivity index (χ0n) is 17.6. The molecule has 0 radical (unpaired) electrons. The maximum absolute atomic E-state index is 13.4. The van der Waals surface area contributed by atoms with E-state index in [0.717, 1.165) is 18.4 Å². The van der Waals surface area contributed by atoms with Gasteiger partial charge in [-0.25, -0.2) is 4.79 Å². The molecule has 0 saturated carbocycles. The first-order valence-electron chi connectivity index (χ1n) is 9.94. The van der Waals surface area contributed by atoms with Crippen LogP contribution in [0, 0.1) is 6.92 Å². The second-order valence-electron chi connectivity index (χ2n) is 8.73. The Morgan fingerprint density at radius 2 is 1.81 bits per heavy atom. The van der Waals surface area contributed by atoms with E-state index in [9.17, 15) is 9.59 Å². The number of hydrogen-bond acceptors (Lipinski definition) is 3. The summed E-state index contributed by atoms with van der Waals surface area (Å²) in [5.74, 6) is 0.0103. The Kier molecular flexibility index (Phi) is 6.90. The highest BCUT2D eigenvalue weighted by molar-refractivity contribution is 5.86. The first-order valence-corrected chi connectivity index (χ1v) is 9.94. The van der Waals surface area contributed by atoms with Gasteiger partial charge in [0, 0.05) is 19.1 Å². The van der Waals surface area contributed by atoms with Crippen LogP contribution in [0.15, 0.2) is 24.3 Å². The van der Waals surface area contributed by atoms with Gasteiger partial charge in [0.15, 0.2) is 0 Å². The van der Waals surface area contributed by atoms with E-state index >= 15 is 0 Å². The smallest absolute Gasteiger partial charge is 0.410 e. The molecule has 1 saturated heterocycles. The van der Waals surface area contributed by atoms with Crippen LogP contribution >= 0.6 is 0 Å². The quantitative estimate of drug-likeness (QED) is 0.778. The molecule has 0 aromatic heterocycles. The summed E-state index contributed by atoms with van der Waals surface area (Å²) in [6.07, 6.45) is 2.16. The minimum absolute atomic E-state index is 0.0103. The van der Waals surface area contributed by atoms with Gasteiger partial charge in [-0.15, -0.1) is 0 Å². The monoisotopic (exact) mass is 374 g/mol. The fraction of sp³-hybridized carbons (Fsp3) is 0.636. The zero-order valence-corrected chi connectivity index (χ0v) is 17.6. The molecule has 0 bridgehead atoms. The summed E-state index contributed by atoms with van der Waals surface area (Å²) in [4.78, 5) is 29.5. The van der Waals surface area contributed by atoms with Gasteiger partial charge in [-0.1, -0.05) is 29.8 Å². The molecule has 1 heterocycles. The molecule has 0 unspecified atom stereocenters. The average molecular weight is 375 g/mol. The highest BCUT2D eigenvalue weighted by Crippen LogP contribution is 2.23. The van der Waals surface area contributed by atoms with Crippen molar-refractivity contribution in [1.82, 2.24) is 9.80 Å². The lowest BCUT2D eigenvalue weighted by atomic mass is 10.00. The number of nitrogens with zero attached hydrogens (tertiary/aromatic N) is 2. The van der Waals surface area contributed by atoms with Gasteiger partial charge in [0.25, 0.3) is 0 Å². The molecule has 5 heteroatoms. The van der Waals surface area contributed by atoms with Gasteiger partial charge >= 0.3 is 6.09 Å². The number of amides is 2. The van der Waals surface area contributed by atoms with Crippen molar-refractivity contribution in [1.29, 1.82) is 0 Å². The van der Waals surface area contributed by atoms with E-state index in [0.29, 0.717) is 19.5 Å². The van der Waals surface area contributed by atoms with Gasteiger partial charge in [-0.3, -0.25) is 9.69 Å². The molecule has 0 N–H and O–H groups in total. The molecule has 1 fully saturated rings. The first-order chi connectivity index (χ1) is 12.6. The average Bonchev–Trinajstić information content (AvgIpc) is 2.59. The summed E-state index contributed by atoms with van der Waals surface area (Å²) >= 11 is 0. The van der Waals surface area contributed by atoms with Gasteiger partial charge < -0.3 is 9.64 Å². The Morgan fingerprint density at radius 1 is 1.19 bits per heavy atom. The topological polar surface area (TPSA) is 49.9 Å². The van der Waals surface area contributed by atoms with Gasteiger partial charge in [0.05, 0.1) is 0 Å². The van der Waals surface area contributed by atoms with Gasteiger partial charge in [0.2, 0.25) is 5.91 Å². The number of piperidine rings is 1. The third-order valence-electron chi connectivity index (χ3n) is 4.80.